The third kappa shape index (κ3) is 5.32. The number of hydrogen-bond acceptors (Lipinski definition) is 6. The topological polar surface area (TPSA) is 106 Å². The number of thiazole rings is 1. The second-order valence-electron chi connectivity index (χ2n) is 7.64. The van der Waals surface area contributed by atoms with Crippen LogP contribution in [0, 0.1) is 0 Å². The van der Waals surface area contributed by atoms with Gasteiger partial charge in [-0.15, -0.1) is 11.3 Å². The van der Waals surface area contributed by atoms with Gasteiger partial charge in [0.1, 0.15) is 0 Å². The molecule has 0 spiro atoms. The van der Waals surface area contributed by atoms with E-state index in [4.69, 9.17) is 0 Å². The molecule has 2 N–H and O–H groups in total. The van der Waals surface area contributed by atoms with Gasteiger partial charge in [0.2, 0.25) is 11.8 Å². The number of carbonyl (C=O) groups excluding carboxylic acids is 2. The van der Waals surface area contributed by atoms with Crippen LogP contribution in [0.15, 0.2) is 65.0 Å². The third-order valence-corrected chi connectivity index (χ3v) is 5.95. The smallest absolute Gasteiger partial charge is 0.261 e. The minimum atomic E-state index is -0.226. The largest absolute Gasteiger partial charge is 0.350 e. The number of para-hydroxylation sites is 1. The van der Waals surface area contributed by atoms with Gasteiger partial charge in [-0.3, -0.25) is 19.0 Å². The summed E-state index contributed by atoms with van der Waals surface area (Å²) in [5, 5.41) is 8.55. The van der Waals surface area contributed by atoms with E-state index >= 15 is 0 Å². The number of aromatic nitrogens is 3. The molecule has 1 unspecified atom stereocenters. The molecule has 1 atom stereocenters. The molecule has 0 radical (unpaired) electrons. The van der Waals surface area contributed by atoms with Crippen molar-refractivity contribution in [2.45, 2.75) is 32.9 Å². The molecule has 2 aromatic heterocycles. The predicted molar refractivity (Wildman–Crippen MR) is 129 cm³/mol. The average Bonchev–Trinajstić information content (AvgIpc) is 3.27. The van der Waals surface area contributed by atoms with Crippen LogP contribution in [0.5, 0.6) is 0 Å². The molecule has 0 fully saturated rings. The second-order valence-corrected chi connectivity index (χ2v) is 8.50. The Morgan fingerprint density at radius 3 is 2.64 bits per heavy atom. The number of nitrogens with zero attached hydrogens (tertiary/aromatic N) is 3. The van der Waals surface area contributed by atoms with Crippen molar-refractivity contribution in [3.63, 3.8) is 0 Å². The SMILES string of the molecule is CC(=O)NC(C)c1ccc(-c2csc(NC(=O)CCn3cnc4ccccc4c3=O)n2)cc1. The lowest BCUT2D eigenvalue weighted by Crippen LogP contribution is -2.23. The Morgan fingerprint density at radius 1 is 1.12 bits per heavy atom. The van der Waals surface area contributed by atoms with Crippen LogP contribution < -0.4 is 16.2 Å². The normalized spacial score (nSPS) is 11.8. The summed E-state index contributed by atoms with van der Waals surface area (Å²) in [7, 11) is 0. The highest BCUT2D eigenvalue weighted by Gasteiger charge is 2.11. The van der Waals surface area contributed by atoms with E-state index in [9.17, 15) is 14.4 Å². The zero-order chi connectivity index (χ0) is 23.4. The van der Waals surface area contributed by atoms with Crippen LogP contribution in [0.4, 0.5) is 5.13 Å². The monoisotopic (exact) mass is 461 g/mol. The lowest BCUT2D eigenvalue weighted by atomic mass is 10.1. The number of benzene rings is 2. The molecule has 0 aliphatic rings. The van der Waals surface area contributed by atoms with Crippen LogP contribution in [0.1, 0.15) is 31.9 Å². The number of rotatable bonds is 7. The number of carbonyl (C=O) groups is 2. The minimum absolute atomic E-state index is 0.0757. The van der Waals surface area contributed by atoms with Crippen LogP contribution in [-0.4, -0.2) is 26.3 Å². The van der Waals surface area contributed by atoms with Crippen molar-refractivity contribution in [2.75, 3.05) is 5.32 Å². The Kier molecular flexibility index (Phi) is 6.60. The van der Waals surface area contributed by atoms with E-state index in [-0.39, 0.29) is 36.4 Å². The van der Waals surface area contributed by atoms with Crippen LogP contribution in [0.25, 0.3) is 22.2 Å². The summed E-state index contributed by atoms with van der Waals surface area (Å²) in [4.78, 5) is 44.9. The van der Waals surface area contributed by atoms with Crippen molar-refractivity contribution in [2.24, 2.45) is 0 Å². The van der Waals surface area contributed by atoms with Crippen molar-refractivity contribution in [3.8, 4) is 11.3 Å². The molecule has 33 heavy (non-hydrogen) atoms. The van der Waals surface area contributed by atoms with E-state index in [0.717, 1.165) is 16.8 Å². The molecular formula is C24H23N5O3S. The summed E-state index contributed by atoms with van der Waals surface area (Å²) in [6, 6.07) is 14.8. The van der Waals surface area contributed by atoms with Gasteiger partial charge in [-0.1, -0.05) is 36.4 Å². The van der Waals surface area contributed by atoms with Crippen LogP contribution >= 0.6 is 11.3 Å². The van der Waals surface area contributed by atoms with Crippen molar-refractivity contribution in [1.82, 2.24) is 19.9 Å². The van der Waals surface area contributed by atoms with Crippen LogP contribution in [0.2, 0.25) is 0 Å². The number of amides is 2. The highest BCUT2D eigenvalue weighted by molar-refractivity contribution is 7.14. The summed E-state index contributed by atoms with van der Waals surface area (Å²) >= 11 is 1.34. The maximum atomic E-state index is 12.5. The summed E-state index contributed by atoms with van der Waals surface area (Å²) in [5.41, 5.74) is 3.14. The maximum absolute atomic E-state index is 12.5. The molecule has 4 rings (SSSR count). The number of anilines is 1. The molecule has 8 nitrogen and oxygen atoms in total. The summed E-state index contributed by atoms with van der Waals surface area (Å²) in [5.74, 6) is -0.302. The van der Waals surface area contributed by atoms with Gasteiger partial charge in [-0.2, -0.15) is 0 Å². The first-order valence-electron chi connectivity index (χ1n) is 10.5. The van der Waals surface area contributed by atoms with E-state index < -0.39 is 0 Å². The Bertz CT molecular complexity index is 1360. The lowest BCUT2D eigenvalue weighted by Gasteiger charge is -2.13. The van der Waals surface area contributed by atoms with E-state index in [1.165, 1.54) is 29.2 Å². The van der Waals surface area contributed by atoms with Gasteiger partial charge in [0.15, 0.2) is 5.13 Å². The average molecular weight is 462 g/mol. The van der Waals surface area contributed by atoms with Gasteiger partial charge < -0.3 is 10.6 Å². The first kappa shape index (κ1) is 22.3. The predicted octanol–water partition coefficient (Wildman–Crippen LogP) is 3.75. The number of fused-ring (bicyclic) bond motifs is 1. The molecule has 0 bridgehead atoms. The van der Waals surface area contributed by atoms with Crippen LogP contribution in [0.3, 0.4) is 0 Å². The molecule has 4 aromatic rings. The molecule has 0 aliphatic carbocycles. The Morgan fingerprint density at radius 2 is 1.88 bits per heavy atom. The van der Waals surface area contributed by atoms with Gasteiger partial charge in [0.25, 0.3) is 5.56 Å². The first-order chi connectivity index (χ1) is 15.9. The van der Waals surface area contributed by atoms with Gasteiger partial charge in [0, 0.05) is 30.8 Å². The maximum Gasteiger partial charge on any atom is 0.261 e. The second kappa shape index (κ2) is 9.74. The van der Waals surface area contributed by atoms with Crippen molar-refractivity contribution < 1.29 is 9.59 Å². The summed E-state index contributed by atoms with van der Waals surface area (Å²) in [6.07, 6.45) is 1.60. The standard InChI is InChI=1S/C24H23N5O3S/c1-15(26-16(2)30)17-7-9-18(10-8-17)21-13-33-24(27-21)28-22(31)11-12-29-14-25-20-6-4-3-5-19(20)23(29)32/h3-10,13-15H,11-12H2,1-2H3,(H,26,30)(H,27,28,31). The fourth-order valence-corrected chi connectivity index (χ4v) is 4.20. The van der Waals surface area contributed by atoms with Gasteiger partial charge in [-0.05, 0) is 24.6 Å². The van der Waals surface area contributed by atoms with Crippen molar-refractivity contribution >= 4 is 39.2 Å². The molecule has 2 heterocycles. The number of aryl methyl sites for hydroxylation is 1. The third-order valence-electron chi connectivity index (χ3n) is 5.19. The zero-order valence-electron chi connectivity index (χ0n) is 18.2. The van der Waals surface area contributed by atoms with Gasteiger partial charge >= 0.3 is 0 Å². The summed E-state index contributed by atoms with van der Waals surface area (Å²) < 4.78 is 1.44. The first-order valence-corrected chi connectivity index (χ1v) is 11.4. The molecule has 168 valence electrons. The fraction of sp³-hybridized carbons (Fsp3) is 0.208. The Balaban J connectivity index is 1.37. The van der Waals surface area contributed by atoms with E-state index in [1.807, 2.05) is 42.6 Å². The quantitative estimate of drug-likeness (QED) is 0.436. The molecule has 0 saturated carbocycles. The number of nitrogens with one attached hydrogen (secondary N) is 2. The fourth-order valence-electron chi connectivity index (χ4n) is 3.46. The summed E-state index contributed by atoms with van der Waals surface area (Å²) in [6.45, 7) is 3.65. The molecular weight excluding hydrogens is 438 g/mol. The highest BCUT2D eigenvalue weighted by atomic mass is 32.1. The van der Waals surface area contributed by atoms with Gasteiger partial charge in [-0.25, -0.2) is 9.97 Å². The highest BCUT2D eigenvalue weighted by Crippen LogP contribution is 2.26. The molecule has 9 heteroatoms. The minimum Gasteiger partial charge on any atom is -0.350 e. The van der Waals surface area contributed by atoms with E-state index in [0.29, 0.717) is 16.0 Å². The zero-order valence-corrected chi connectivity index (χ0v) is 19.1. The Labute approximate surface area is 194 Å². The van der Waals surface area contributed by atoms with Crippen molar-refractivity contribution in [3.05, 3.63) is 76.2 Å². The lowest BCUT2D eigenvalue weighted by molar-refractivity contribution is -0.119. The van der Waals surface area contributed by atoms with Crippen molar-refractivity contribution in [1.29, 1.82) is 0 Å². The Hall–Kier alpha value is -3.85. The van der Waals surface area contributed by atoms with Crippen LogP contribution in [-0.2, 0) is 16.1 Å². The molecule has 0 saturated heterocycles. The van der Waals surface area contributed by atoms with E-state index in [1.54, 1.807) is 18.2 Å². The molecule has 0 aliphatic heterocycles. The number of hydrogen-bond donors (Lipinski definition) is 2. The van der Waals surface area contributed by atoms with Gasteiger partial charge in [0.05, 0.1) is 29.0 Å². The molecule has 2 aromatic carbocycles. The molecule has 2 amide bonds. The van der Waals surface area contributed by atoms with E-state index in [2.05, 4.69) is 20.6 Å².